The number of hydrogen-bond acceptors (Lipinski definition) is 5. The average Bonchev–Trinajstić information content (AvgIpc) is 3.09. The number of esters is 1. The highest BCUT2D eigenvalue weighted by atomic mass is 16.5. The second-order valence-corrected chi connectivity index (χ2v) is 9.92. The monoisotopic (exact) mass is 454 g/mol. The fourth-order valence-corrected chi connectivity index (χ4v) is 5.53. The van der Waals surface area contributed by atoms with E-state index in [2.05, 4.69) is 4.90 Å². The lowest BCUT2D eigenvalue weighted by Gasteiger charge is -2.33. The predicted octanol–water partition coefficient (Wildman–Crippen LogP) is 5.43. The van der Waals surface area contributed by atoms with Gasteiger partial charge in [-0.15, -0.1) is 0 Å². The lowest BCUT2D eigenvalue weighted by Crippen LogP contribution is -2.38. The first-order valence-corrected chi connectivity index (χ1v) is 12.6. The van der Waals surface area contributed by atoms with E-state index < -0.39 is 5.97 Å². The maximum absolute atomic E-state index is 12.9. The Labute approximate surface area is 197 Å². The first-order valence-electron chi connectivity index (χ1n) is 12.6. The molecule has 0 radical (unpaired) electrons. The Hall–Kier alpha value is -2.47. The lowest BCUT2D eigenvalue weighted by molar-refractivity contribution is 0.0352. The third kappa shape index (κ3) is 5.91. The molecule has 6 heteroatoms. The first kappa shape index (κ1) is 23.7. The molecule has 2 fully saturated rings. The molecule has 2 N–H and O–H groups in total. The van der Waals surface area contributed by atoms with Crippen molar-refractivity contribution in [1.29, 1.82) is 0 Å². The van der Waals surface area contributed by atoms with Crippen molar-refractivity contribution < 1.29 is 19.7 Å². The highest BCUT2D eigenvalue weighted by Gasteiger charge is 2.24. The number of rotatable bonds is 8. The molecule has 1 aromatic carbocycles. The van der Waals surface area contributed by atoms with E-state index in [1.165, 1.54) is 55.6 Å². The van der Waals surface area contributed by atoms with Gasteiger partial charge < -0.3 is 19.8 Å². The SMILES string of the molecule is Cc1cc(O)n(-c2ccccc2C(=O)OCC2CCCN(CCCC3CCCCC3)C2)c1O. The average molecular weight is 455 g/mol. The zero-order valence-corrected chi connectivity index (χ0v) is 19.8. The predicted molar refractivity (Wildman–Crippen MR) is 129 cm³/mol. The van der Waals surface area contributed by atoms with Crippen molar-refractivity contribution in [3.05, 3.63) is 41.5 Å². The molecule has 0 spiro atoms. The second-order valence-electron chi connectivity index (χ2n) is 9.92. The van der Waals surface area contributed by atoms with E-state index in [-0.39, 0.29) is 11.8 Å². The fraction of sp³-hybridized carbons (Fsp3) is 0.593. The highest BCUT2D eigenvalue weighted by molar-refractivity contribution is 5.93. The molecule has 2 aliphatic rings. The maximum atomic E-state index is 12.9. The molecule has 0 amide bonds. The number of piperidine rings is 1. The van der Waals surface area contributed by atoms with Gasteiger partial charge in [-0.05, 0) is 63.7 Å². The van der Waals surface area contributed by atoms with Crippen LogP contribution in [0.4, 0.5) is 0 Å². The summed E-state index contributed by atoms with van der Waals surface area (Å²) in [5.41, 5.74) is 1.29. The van der Waals surface area contributed by atoms with Gasteiger partial charge in [0, 0.05) is 24.1 Å². The quantitative estimate of drug-likeness (QED) is 0.521. The number of carbonyl (C=O) groups excluding carboxylic acids is 1. The molecule has 4 rings (SSSR count). The molecule has 1 aromatic heterocycles. The van der Waals surface area contributed by atoms with Gasteiger partial charge in [0.1, 0.15) is 0 Å². The summed E-state index contributed by atoms with van der Waals surface area (Å²) in [5.74, 6) is 0.666. The molecule has 1 saturated heterocycles. The van der Waals surface area contributed by atoms with Gasteiger partial charge in [0.2, 0.25) is 5.88 Å². The van der Waals surface area contributed by atoms with E-state index in [4.69, 9.17) is 4.74 Å². The van der Waals surface area contributed by atoms with Crippen LogP contribution in [-0.4, -0.2) is 51.9 Å². The van der Waals surface area contributed by atoms with Crippen LogP contribution in [0.25, 0.3) is 5.69 Å². The van der Waals surface area contributed by atoms with Gasteiger partial charge in [0.15, 0.2) is 5.88 Å². The lowest BCUT2D eigenvalue weighted by atomic mass is 9.86. The number of ether oxygens (including phenoxy) is 1. The van der Waals surface area contributed by atoms with Gasteiger partial charge in [-0.25, -0.2) is 4.79 Å². The van der Waals surface area contributed by atoms with Gasteiger partial charge >= 0.3 is 5.97 Å². The van der Waals surface area contributed by atoms with Crippen LogP contribution in [0.5, 0.6) is 11.8 Å². The van der Waals surface area contributed by atoms with E-state index in [0.29, 0.717) is 29.3 Å². The van der Waals surface area contributed by atoms with Crippen molar-refractivity contribution >= 4 is 5.97 Å². The minimum Gasteiger partial charge on any atom is -0.494 e. The van der Waals surface area contributed by atoms with Gasteiger partial charge in [-0.2, -0.15) is 0 Å². The van der Waals surface area contributed by atoms with Gasteiger partial charge in [-0.1, -0.05) is 44.2 Å². The summed E-state index contributed by atoms with van der Waals surface area (Å²) in [4.78, 5) is 15.5. The number of para-hydroxylation sites is 1. The topological polar surface area (TPSA) is 74.9 Å². The minimum atomic E-state index is -0.426. The summed E-state index contributed by atoms with van der Waals surface area (Å²) >= 11 is 0. The van der Waals surface area contributed by atoms with Crippen LogP contribution in [0.15, 0.2) is 30.3 Å². The van der Waals surface area contributed by atoms with Crippen LogP contribution in [0.1, 0.15) is 73.7 Å². The number of benzene rings is 1. The van der Waals surface area contributed by atoms with Crippen LogP contribution >= 0.6 is 0 Å². The third-order valence-electron chi connectivity index (χ3n) is 7.37. The molecule has 0 bridgehead atoms. The van der Waals surface area contributed by atoms with E-state index in [1.807, 2.05) is 0 Å². The van der Waals surface area contributed by atoms with Crippen LogP contribution in [0.2, 0.25) is 0 Å². The Kier molecular flexibility index (Phi) is 7.97. The van der Waals surface area contributed by atoms with E-state index in [0.717, 1.165) is 38.4 Å². The Bertz CT molecular complexity index is 932. The second kappa shape index (κ2) is 11.1. The van der Waals surface area contributed by atoms with E-state index >= 15 is 0 Å². The normalized spacial score (nSPS) is 20.1. The molecule has 1 atom stereocenters. The van der Waals surface area contributed by atoms with Crippen molar-refractivity contribution in [2.45, 2.75) is 64.7 Å². The van der Waals surface area contributed by atoms with Gasteiger partial charge in [0.05, 0.1) is 17.9 Å². The Morgan fingerprint density at radius 1 is 1.06 bits per heavy atom. The molecule has 180 valence electrons. The maximum Gasteiger partial charge on any atom is 0.340 e. The molecule has 1 saturated carbocycles. The Balaban J connectivity index is 1.30. The summed E-state index contributed by atoms with van der Waals surface area (Å²) in [6, 6.07) is 8.38. The number of aromatic nitrogens is 1. The zero-order valence-electron chi connectivity index (χ0n) is 19.8. The number of aromatic hydroxyl groups is 2. The Morgan fingerprint density at radius 3 is 2.58 bits per heavy atom. The molecule has 2 aromatic rings. The third-order valence-corrected chi connectivity index (χ3v) is 7.37. The molecule has 1 aliphatic carbocycles. The summed E-state index contributed by atoms with van der Waals surface area (Å²) in [6.07, 6.45) is 11.9. The van der Waals surface area contributed by atoms with Crippen LogP contribution in [-0.2, 0) is 4.74 Å². The molecule has 6 nitrogen and oxygen atoms in total. The minimum absolute atomic E-state index is 0.0797. The summed E-state index contributed by atoms with van der Waals surface area (Å²) in [5, 5.41) is 20.6. The Morgan fingerprint density at radius 2 is 1.82 bits per heavy atom. The molecular weight excluding hydrogens is 416 g/mol. The number of nitrogens with zero attached hydrogens (tertiary/aromatic N) is 2. The molecule has 2 heterocycles. The van der Waals surface area contributed by atoms with Crippen LogP contribution in [0, 0.1) is 18.8 Å². The summed E-state index contributed by atoms with van der Waals surface area (Å²) < 4.78 is 7.00. The smallest absolute Gasteiger partial charge is 0.340 e. The van der Waals surface area contributed by atoms with E-state index in [9.17, 15) is 15.0 Å². The molecule has 1 aliphatic heterocycles. The summed E-state index contributed by atoms with van der Waals surface area (Å²) in [7, 11) is 0. The van der Waals surface area contributed by atoms with Gasteiger partial charge in [-0.3, -0.25) is 4.57 Å². The standard InChI is InChI=1S/C27H38N2O4/c1-20-17-25(30)29(26(20)31)24-14-6-5-13-23(24)27(32)33-19-22-12-8-16-28(18-22)15-7-11-21-9-3-2-4-10-21/h5-6,13-14,17,21-22,30-31H,2-4,7-12,15-16,18-19H2,1H3. The number of carbonyl (C=O) groups is 1. The van der Waals surface area contributed by atoms with Gasteiger partial charge in [0.25, 0.3) is 0 Å². The first-order chi connectivity index (χ1) is 16.0. The van der Waals surface area contributed by atoms with Crippen LogP contribution < -0.4 is 0 Å². The number of hydrogen-bond donors (Lipinski definition) is 2. The highest BCUT2D eigenvalue weighted by Crippen LogP contribution is 2.33. The molecule has 33 heavy (non-hydrogen) atoms. The number of aryl methyl sites for hydroxylation is 1. The van der Waals surface area contributed by atoms with Crippen molar-refractivity contribution in [2.75, 3.05) is 26.2 Å². The van der Waals surface area contributed by atoms with Crippen LogP contribution in [0.3, 0.4) is 0 Å². The van der Waals surface area contributed by atoms with Crippen molar-refractivity contribution in [3.63, 3.8) is 0 Å². The summed E-state index contributed by atoms with van der Waals surface area (Å²) in [6.45, 7) is 5.38. The van der Waals surface area contributed by atoms with Crippen molar-refractivity contribution in [3.8, 4) is 17.4 Å². The number of likely N-dealkylation sites (tertiary alicyclic amines) is 1. The fourth-order valence-electron chi connectivity index (χ4n) is 5.53. The largest absolute Gasteiger partial charge is 0.494 e. The molecule has 1 unspecified atom stereocenters. The van der Waals surface area contributed by atoms with E-state index in [1.54, 1.807) is 31.2 Å². The zero-order chi connectivity index (χ0) is 23.2. The van der Waals surface area contributed by atoms with Crippen molar-refractivity contribution in [1.82, 2.24) is 9.47 Å². The molecular formula is C27H38N2O4. The van der Waals surface area contributed by atoms with Crippen molar-refractivity contribution in [2.24, 2.45) is 11.8 Å².